The van der Waals surface area contributed by atoms with Crippen LogP contribution >= 0.6 is 31.9 Å². The summed E-state index contributed by atoms with van der Waals surface area (Å²) in [5.74, 6) is -0.802. The number of amides is 1. The number of nitro groups is 1. The van der Waals surface area contributed by atoms with Crippen molar-refractivity contribution in [2.75, 3.05) is 61.6 Å². The highest BCUT2D eigenvalue weighted by Gasteiger charge is 2.29. The molecule has 30 heavy (non-hydrogen) atoms. The Hall–Kier alpha value is -1.24. The second-order valence-electron chi connectivity index (χ2n) is 6.78. The van der Waals surface area contributed by atoms with E-state index < -0.39 is 26.4 Å². The minimum Gasteiger partial charge on any atom is -0.369 e. The summed E-state index contributed by atoms with van der Waals surface area (Å²) >= 11 is 6.70. The molecule has 0 heterocycles. The summed E-state index contributed by atoms with van der Waals surface area (Å²) in [6.07, 6.45) is 0.682. The highest BCUT2D eigenvalue weighted by atomic mass is 79.9. The van der Waals surface area contributed by atoms with Gasteiger partial charge in [0.1, 0.15) is 5.56 Å². The van der Waals surface area contributed by atoms with Gasteiger partial charge in [0.15, 0.2) is 9.84 Å². The van der Waals surface area contributed by atoms with Crippen LogP contribution in [0.3, 0.4) is 0 Å². The molecular weight excluding hydrogens is 544 g/mol. The number of carbonyl (C=O) groups is 1. The molecule has 0 aromatic heterocycles. The van der Waals surface area contributed by atoms with Gasteiger partial charge >= 0.3 is 0 Å². The van der Waals surface area contributed by atoms with Gasteiger partial charge in [0.05, 0.1) is 21.3 Å². The van der Waals surface area contributed by atoms with E-state index in [9.17, 15) is 23.3 Å². The van der Waals surface area contributed by atoms with Gasteiger partial charge in [-0.3, -0.25) is 14.9 Å². The quantitative estimate of drug-likeness (QED) is 0.168. The monoisotopic (exact) mass is 570 g/mol. The fourth-order valence-electron chi connectivity index (χ4n) is 2.79. The number of hydrogen-bond acceptors (Lipinski definition) is 7. The fourth-order valence-corrected chi connectivity index (χ4v) is 4.76. The first-order chi connectivity index (χ1) is 14.1. The number of anilines is 1. The van der Waals surface area contributed by atoms with Gasteiger partial charge in [0.2, 0.25) is 0 Å². The molecular formula is C18H28Br2N4O5S. The normalized spacial score (nSPS) is 11.5. The summed E-state index contributed by atoms with van der Waals surface area (Å²) in [4.78, 5) is 27.3. The molecule has 0 fully saturated rings. The van der Waals surface area contributed by atoms with Crippen molar-refractivity contribution in [3.05, 3.63) is 27.8 Å². The zero-order valence-electron chi connectivity index (χ0n) is 17.4. The van der Waals surface area contributed by atoms with E-state index >= 15 is 0 Å². The van der Waals surface area contributed by atoms with Crippen molar-refractivity contribution in [2.24, 2.45) is 0 Å². The third-order valence-electron chi connectivity index (χ3n) is 4.35. The highest BCUT2D eigenvalue weighted by molar-refractivity contribution is 9.09. The maximum absolute atomic E-state index is 12.7. The zero-order valence-corrected chi connectivity index (χ0v) is 21.3. The predicted octanol–water partition coefficient (Wildman–Crippen LogP) is 2.67. The van der Waals surface area contributed by atoms with Crippen molar-refractivity contribution >= 4 is 59.0 Å². The Morgan fingerprint density at radius 2 is 1.77 bits per heavy atom. The van der Waals surface area contributed by atoms with E-state index in [0.717, 1.165) is 12.6 Å². The summed E-state index contributed by atoms with van der Waals surface area (Å²) in [6, 6.07) is 2.34. The average molecular weight is 572 g/mol. The number of rotatable bonds is 13. The van der Waals surface area contributed by atoms with E-state index in [1.165, 1.54) is 13.0 Å². The summed E-state index contributed by atoms with van der Waals surface area (Å²) in [6.45, 7) is 3.53. The molecule has 0 radical (unpaired) electrons. The number of hydrogen-bond donors (Lipinski definition) is 1. The van der Waals surface area contributed by atoms with E-state index in [4.69, 9.17) is 0 Å². The SMILES string of the molecule is CCS(=O)(=O)c1cc([N+](=O)[O-])c(C(=O)NCCCN(C)C)cc1N(CCBr)CCBr. The first kappa shape index (κ1) is 26.8. The molecule has 1 aromatic carbocycles. The van der Waals surface area contributed by atoms with Gasteiger partial charge in [0.25, 0.3) is 11.6 Å². The third-order valence-corrected chi connectivity index (χ3v) is 6.82. The molecule has 0 saturated heterocycles. The standard InChI is InChI=1S/C18H28Br2N4O5S/c1-4-30(28,29)17-13-15(24(26)27)14(18(25)21-8-5-9-22(2)3)12-16(17)23(10-6-19)11-7-20/h12-13H,4-11H2,1-3H3,(H,21,25). The van der Waals surface area contributed by atoms with Crippen LogP contribution in [-0.2, 0) is 9.84 Å². The van der Waals surface area contributed by atoms with Crippen molar-refractivity contribution in [1.82, 2.24) is 10.2 Å². The van der Waals surface area contributed by atoms with Gasteiger partial charge in [-0.05, 0) is 33.1 Å². The maximum Gasteiger partial charge on any atom is 0.283 e. The number of nitrogens with zero attached hydrogens (tertiary/aromatic N) is 3. The van der Waals surface area contributed by atoms with E-state index in [-0.39, 0.29) is 16.2 Å². The molecule has 0 aliphatic carbocycles. The van der Waals surface area contributed by atoms with Crippen LogP contribution in [0.25, 0.3) is 0 Å². The molecule has 0 spiro atoms. The first-order valence-electron chi connectivity index (χ1n) is 9.44. The van der Waals surface area contributed by atoms with E-state index in [2.05, 4.69) is 37.2 Å². The number of sulfone groups is 1. The van der Waals surface area contributed by atoms with Crippen LogP contribution in [0.2, 0.25) is 0 Å². The largest absolute Gasteiger partial charge is 0.369 e. The lowest BCUT2D eigenvalue weighted by Crippen LogP contribution is -2.31. The zero-order chi connectivity index (χ0) is 22.9. The van der Waals surface area contributed by atoms with E-state index in [1.807, 2.05) is 19.0 Å². The van der Waals surface area contributed by atoms with Crippen LogP contribution in [0.4, 0.5) is 11.4 Å². The second kappa shape index (κ2) is 12.6. The van der Waals surface area contributed by atoms with Gasteiger partial charge < -0.3 is 15.1 Å². The van der Waals surface area contributed by atoms with Crippen LogP contribution in [0.5, 0.6) is 0 Å². The van der Waals surface area contributed by atoms with Crippen molar-refractivity contribution < 1.29 is 18.1 Å². The number of alkyl halides is 2. The van der Waals surface area contributed by atoms with Crippen molar-refractivity contribution in [3.8, 4) is 0 Å². The molecule has 0 aliphatic rings. The maximum atomic E-state index is 12.7. The fraction of sp³-hybridized carbons (Fsp3) is 0.611. The highest BCUT2D eigenvalue weighted by Crippen LogP contribution is 2.34. The topological polar surface area (TPSA) is 113 Å². The van der Waals surface area contributed by atoms with Crippen molar-refractivity contribution in [2.45, 2.75) is 18.2 Å². The summed E-state index contributed by atoms with van der Waals surface area (Å²) in [5, 5.41) is 15.5. The molecule has 1 aromatic rings. The van der Waals surface area contributed by atoms with Crippen molar-refractivity contribution in [3.63, 3.8) is 0 Å². The number of carbonyl (C=O) groups excluding carboxylic acids is 1. The van der Waals surface area contributed by atoms with E-state index in [1.54, 1.807) is 4.90 Å². The van der Waals surface area contributed by atoms with Crippen LogP contribution in [0, 0.1) is 10.1 Å². The number of nitro benzene ring substituents is 1. The molecule has 0 saturated carbocycles. The smallest absolute Gasteiger partial charge is 0.283 e. The molecule has 12 heteroatoms. The van der Waals surface area contributed by atoms with Crippen molar-refractivity contribution in [1.29, 1.82) is 0 Å². The minimum absolute atomic E-state index is 0.136. The molecule has 0 unspecified atom stereocenters. The minimum atomic E-state index is -3.75. The van der Waals surface area contributed by atoms with Gasteiger partial charge in [-0.25, -0.2) is 8.42 Å². The van der Waals surface area contributed by atoms with Crippen LogP contribution in [0.1, 0.15) is 23.7 Å². The van der Waals surface area contributed by atoms with Crippen LogP contribution < -0.4 is 10.2 Å². The molecule has 1 N–H and O–H groups in total. The molecule has 0 bridgehead atoms. The Bertz CT molecular complexity index is 843. The molecule has 9 nitrogen and oxygen atoms in total. The third kappa shape index (κ3) is 7.47. The molecule has 1 amide bonds. The Morgan fingerprint density at radius 1 is 1.17 bits per heavy atom. The summed E-state index contributed by atoms with van der Waals surface area (Å²) < 4.78 is 25.4. The first-order valence-corrected chi connectivity index (χ1v) is 13.3. The molecule has 170 valence electrons. The molecule has 1 rings (SSSR count). The lowest BCUT2D eigenvalue weighted by Gasteiger charge is -2.26. The summed E-state index contributed by atoms with van der Waals surface area (Å²) in [5.41, 5.74) is -0.377. The van der Waals surface area contributed by atoms with Gasteiger partial charge in [0, 0.05) is 36.4 Å². The number of benzene rings is 1. The van der Waals surface area contributed by atoms with E-state index in [0.29, 0.717) is 42.4 Å². The lowest BCUT2D eigenvalue weighted by molar-refractivity contribution is -0.385. The Kier molecular flexibility index (Phi) is 11.2. The second-order valence-corrected chi connectivity index (χ2v) is 10.6. The van der Waals surface area contributed by atoms with Crippen LogP contribution in [-0.4, -0.2) is 80.8 Å². The Balaban J connectivity index is 3.51. The van der Waals surface area contributed by atoms with Crippen LogP contribution in [0.15, 0.2) is 17.0 Å². The van der Waals surface area contributed by atoms with Gasteiger partial charge in [-0.2, -0.15) is 0 Å². The predicted molar refractivity (Wildman–Crippen MR) is 126 cm³/mol. The van der Waals surface area contributed by atoms with Gasteiger partial charge in [-0.1, -0.05) is 38.8 Å². The van der Waals surface area contributed by atoms with Gasteiger partial charge in [-0.15, -0.1) is 0 Å². The number of nitrogens with one attached hydrogen (secondary N) is 1. The Labute approximate surface area is 194 Å². The Morgan fingerprint density at radius 3 is 2.23 bits per heavy atom. The molecule has 0 atom stereocenters. The number of halogens is 2. The average Bonchev–Trinajstić information content (AvgIpc) is 2.69. The lowest BCUT2D eigenvalue weighted by atomic mass is 10.1. The molecule has 0 aliphatic heterocycles. The summed E-state index contributed by atoms with van der Waals surface area (Å²) in [7, 11) is 0.0684.